The van der Waals surface area contributed by atoms with Gasteiger partial charge in [0.1, 0.15) is 6.34 Å². The Hall–Kier alpha value is -0.740. The second-order valence-electron chi connectivity index (χ2n) is 7.92. The first-order valence-electron chi connectivity index (χ1n) is 7.58. The lowest BCUT2D eigenvalue weighted by molar-refractivity contribution is -0.137. The molecule has 1 heterocycles. The van der Waals surface area contributed by atoms with Gasteiger partial charge in [-0.3, -0.25) is 4.99 Å². The summed E-state index contributed by atoms with van der Waals surface area (Å²) in [5.74, 6) is 0.775. The summed E-state index contributed by atoms with van der Waals surface area (Å²) >= 11 is 0. The highest BCUT2D eigenvalue weighted by molar-refractivity contribution is 5.82. The molecule has 0 spiro atoms. The second kappa shape index (κ2) is 5.23. The summed E-state index contributed by atoms with van der Waals surface area (Å²) < 4.78 is 0. The Balaban J connectivity index is 2.26. The molecule has 2 N–H and O–H groups in total. The topological polar surface area (TPSA) is 65.2 Å². The monoisotopic (exact) mass is 280 g/mol. The molecule has 0 amide bonds. The molecule has 114 valence electrons. The van der Waals surface area contributed by atoms with E-state index in [4.69, 9.17) is 0 Å². The third-order valence-electron chi connectivity index (χ3n) is 4.95. The van der Waals surface area contributed by atoms with Gasteiger partial charge in [-0.25, -0.2) is 4.99 Å². The average Bonchev–Trinajstić information content (AvgIpc) is 2.77. The highest BCUT2D eigenvalue weighted by atomic mass is 16.3. The quantitative estimate of drug-likeness (QED) is 0.815. The number of aliphatic imine (C=N–C) groups is 2. The predicted octanol–water partition coefficient (Wildman–Crippen LogP) is 2.29. The fraction of sp³-hybridized carbons (Fsp3) is 0.875. The summed E-state index contributed by atoms with van der Waals surface area (Å²) in [7, 11) is 0. The fourth-order valence-corrected chi connectivity index (χ4v) is 4.19. The minimum atomic E-state index is -1.01. The molecule has 0 saturated heterocycles. The lowest BCUT2D eigenvalue weighted by Crippen LogP contribution is -2.53. The number of rotatable bonds is 2. The van der Waals surface area contributed by atoms with Crippen LogP contribution in [0.25, 0.3) is 0 Å². The van der Waals surface area contributed by atoms with Crippen LogP contribution in [0.2, 0.25) is 0 Å². The molecule has 1 aliphatic carbocycles. The summed E-state index contributed by atoms with van der Waals surface area (Å²) in [5, 5.41) is 20.7. The van der Waals surface area contributed by atoms with E-state index in [0.717, 1.165) is 6.42 Å². The molecule has 2 aliphatic rings. The van der Waals surface area contributed by atoms with Crippen molar-refractivity contribution in [2.45, 2.75) is 65.2 Å². The van der Waals surface area contributed by atoms with Crippen molar-refractivity contribution >= 4 is 12.6 Å². The molecule has 4 nitrogen and oxygen atoms in total. The second-order valence-corrected chi connectivity index (χ2v) is 7.92. The average molecular weight is 280 g/mol. The van der Waals surface area contributed by atoms with Crippen molar-refractivity contribution in [1.29, 1.82) is 0 Å². The zero-order chi connectivity index (χ0) is 15.1. The van der Waals surface area contributed by atoms with E-state index in [0.29, 0.717) is 18.3 Å². The molecule has 1 saturated carbocycles. The van der Waals surface area contributed by atoms with Gasteiger partial charge < -0.3 is 10.2 Å². The molecule has 1 aliphatic heterocycles. The summed E-state index contributed by atoms with van der Waals surface area (Å²) in [6, 6.07) is 0.0956. The van der Waals surface area contributed by atoms with Gasteiger partial charge >= 0.3 is 0 Å². The van der Waals surface area contributed by atoms with E-state index in [1.165, 1.54) is 0 Å². The standard InChI is InChI=1S/C16H28N2O2/c1-10-6-11(7-16(5,20)14(10)19)13(15(2,3)4)12-8-17-9-18-12/h8-14,19-20H,6-7H2,1-5H3/t10?,11?,12?,13?,14?,16-/m0/s1. The highest BCUT2D eigenvalue weighted by Crippen LogP contribution is 2.47. The summed E-state index contributed by atoms with van der Waals surface area (Å²) in [6.07, 6.45) is 4.46. The molecule has 4 heteroatoms. The minimum Gasteiger partial charge on any atom is -0.390 e. The summed E-state index contributed by atoms with van der Waals surface area (Å²) in [6.45, 7) is 10.5. The summed E-state index contributed by atoms with van der Waals surface area (Å²) in [4.78, 5) is 8.61. The molecule has 20 heavy (non-hydrogen) atoms. The van der Waals surface area contributed by atoms with Gasteiger partial charge in [0.05, 0.1) is 17.7 Å². The smallest absolute Gasteiger partial charge is 0.110 e. The Bertz CT molecular complexity index is 397. The Morgan fingerprint density at radius 2 is 2.00 bits per heavy atom. The van der Waals surface area contributed by atoms with Gasteiger partial charge in [-0.05, 0) is 42.9 Å². The van der Waals surface area contributed by atoms with Gasteiger partial charge in [0, 0.05) is 6.21 Å². The Kier molecular flexibility index (Phi) is 4.09. The van der Waals surface area contributed by atoms with E-state index in [9.17, 15) is 10.2 Å². The Labute approximate surface area is 122 Å². The van der Waals surface area contributed by atoms with Gasteiger partial charge in [0.15, 0.2) is 0 Å². The van der Waals surface area contributed by atoms with E-state index < -0.39 is 11.7 Å². The number of hydrogen-bond acceptors (Lipinski definition) is 4. The van der Waals surface area contributed by atoms with Crippen LogP contribution in [0.15, 0.2) is 9.98 Å². The van der Waals surface area contributed by atoms with Crippen LogP contribution in [-0.2, 0) is 0 Å². The van der Waals surface area contributed by atoms with E-state index in [1.54, 1.807) is 13.3 Å². The molecule has 5 unspecified atom stereocenters. The molecular formula is C16H28N2O2. The Morgan fingerprint density at radius 3 is 2.45 bits per heavy atom. The minimum absolute atomic E-state index is 0.0845. The van der Waals surface area contributed by atoms with Crippen LogP contribution in [0.4, 0.5) is 0 Å². The molecule has 0 aromatic rings. The van der Waals surface area contributed by atoms with Gasteiger partial charge in [-0.2, -0.15) is 0 Å². The van der Waals surface area contributed by atoms with Crippen molar-refractivity contribution < 1.29 is 10.2 Å². The number of aliphatic hydroxyl groups excluding tert-OH is 1. The lowest BCUT2D eigenvalue weighted by Gasteiger charge is -2.48. The normalized spacial score (nSPS) is 43.0. The Morgan fingerprint density at radius 1 is 1.35 bits per heavy atom. The SMILES string of the molecule is CC1CC(C(C2C=NC=N2)C(C)(C)C)C[C@](C)(O)C1O. The first kappa shape index (κ1) is 15.6. The van der Waals surface area contributed by atoms with Crippen LogP contribution in [-0.4, -0.2) is 40.5 Å². The molecule has 6 atom stereocenters. The largest absolute Gasteiger partial charge is 0.390 e. The number of aliphatic hydroxyl groups is 2. The zero-order valence-corrected chi connectivity index (χ0v) is 13.2. The van der Waals surface area contributed by atoms with Crippen LogP contribution >= 0.6 is 0 Å². The molecule has 0 radical (unpaired) electrons. The van der Waals surface area contributed by atoms with Gasteiger partial charge in [-0.15, -0.1) is 0 Å². The van der Waals surface area contributed by atoms with Crippen LogP contribution < -0.4 is 0 Å². The molecule has 0 aromatic carbocycles. The molecular weight excluding hydrogens is 252 g/mol. The highest BCUT2D eigenvalue weighted by Gasteiger charge is 2.48. The van der Waals surface area contributed by atoms with Crippen LogP contribution in [0.3, 0.4) is 0 Å². The zero-order valence-electron chi connectivity index (χ0n) is 13.2. The summed E-state index contributed by atoms with van der Waals surface area (Å²) in [5.41, 5.74) is -0.924. The first-order valence-corrected chi connectivity index (χ1v) is 7.58. The predicted molar refractivity (Wildman–Crippen MR) is 82.2 cm³/mol. The third-order valence-corrected chi connectivity index (χ3v) is 4.95. The van der Waals surface area contributed by atoms with Crippen molar-refractivity contribution in [1.82, 2.24) is 0 Å². The molecule has 0 aromatic heterocycles. The molecule has 0 bridgehead atoms. The van der Waals surface area contributed by atoms with Crippen molar-refractivity contribution in [3.63, 3.8) is 0 Å². The first-order chi connectivity index (χ1) is 9.13. The third kappa shape index (κ3) is 2.96. The maximum atomic E-state index is 10.5. The lowest BCUT2D eigenvalue weighted by atomic mass is 9.60. The van der Waals surface area contributed by atoms with E-state index in [2.05, 4.69) is 30.8 Å². The van der Waals surface area contributed by atoms with Crippen LogP contribution in [0.1, 0.15) is 47.5 Å². The maximum absolute atomic E-state index is 10.5. The molecule has 1 fully saturated rings. The van der Waals surface area contributed by atoms with E-state index in [-0.39, 0.29) is 17.4 Å². The fourth-order valence-electron chi connectivity index (χ4n) is 4.19. The number of nitrogens with zero attached hydrogens (tertiary/aromatic N) is 2. The van der Waals surface area contributed by atoms with Crippen LogP contribution in [0, 0.1) is 23.2 Å². The van der Waals surface area contributed by atoms with Crippen molar-refractivity contribution in [3.05, 3.63) is 0 Å². The van der Waals surface area contributed by atoms with Gasteiger partial charge in [-0.1, -0.05) is 27.7 Å². The number of hydrogen-bond donors (Lipinski definition) is 2. The van der Waals surface area contributed by atoms with Crippen molar-refractivity contribution in [3.8, 4) is 0 Å². The van der Waals surface area contributed by atoms with Crippen LogP contribution in [0.5, 0.6) is 0 Å². The van der Waals surface area contributed by atoms with E-state index in [1.807, 2.05) is 13.1 Å². The van der Waals surface area contributed by atoms with Crippen molar-refractivity contribution in [2.24, 2.45) is 33.2 Å². The maximum Gasteiger partial charge on any atom is 0.110 e. The van der Waals surface area contributed by atoms with Crippen molar-refractivity contribution in [2.75, 3.05) is 0 Å². The van der Waals surface area contributed by atoms with Gasteiger partial charge in [0.25, 0.3) is 0 Å². The van der Waals surface area contributed by atoms with E-state index >= 15 is 0 Å². The van der Waals surface area contributed by atoms with Gasteiger partial charge in [0.2, 0.25) is 0 Å². The molecule has 2 rings (SSSR count).